The minimum Gasteiger partial charge on any atom is -0.469 e. The molecule has 2 saturated carbocycles. The first-order valence-corrected chi connectivity index (χ1v) is 12.2. The highest BCUT2D eigenvalue weighted by molar-refractivity contribution is 5.71. The van der Waals surface area contributed by atoms with E-state index < -0.39 is 5.60 Å². The molecule has 2 fully saturated rings. The maximum Gasteiger partial charge on any atom is 0.308 e. The smallest absolute Gasteiger partial charge is 0.308 e. The Morgan fingerprint density at radius 2 is 1.72 bits per heavy atom. The molecule has 182 valence electrons. The van der Waals surface area contributed by atoms with Crippen LogP contribution in [0.2, 0.25) is 0 Å². The fourth-order valence-corrected chi connectivity index (χ4v) is 5.04. The van der Waals surface area contributed by atoms with Crippen molar-refractivity contribution in [1.82, 2.24) is 16.0 Å². The van der Waals surface area contributed by atoms with Gasteiger partial charge < -0.3 is 14.9 Å². The maximum atomic E-state index is 12.7. The molecular formula is C25H43N3O4. The highest BCUT2D eigenvalue weighted by atomic mass is 16.6. The van der Waals surface area contributed by atoms with E-state index in [0.717, 1.165) is 5.92 Å². The first-order valence-electron chi connectivity index (χ1n) is 12.2. The molecule has 0 saturated heterocycles. The van der Waals surface area contributed by atoms with E-state index in [9.17, 15) is 9.59 Å². The van der Waals surface area contributed by atoms with Crippen LogP contribution in [0, 0.1) is 23.2 Å². The lowest BCUT2D eigenvalue weighted by atomic mass is 9.67. The summed E-state index contributed by atoms with van der Waals surface area (Å²) in [5.41, 5.74) is 9.23. The van der Waals surface area contributed by atoms with Gasteiger partial charge >= 0.3 is 11.9 Å². The van der Waals surface area contributed by atoms with Gasteiger partial charge in [-0.15, -0.1) is 5.53 Å². The Balaban J connectivity index is 1.73. The predicted molar refractivity (Wildman–Crippen MR) is 124 cm³/mol. The van der Waals surface area contributed by atoms with Crippen LogP contribution in [-0.4, -0.2) is 35.7 Å². The minimum absolute atomic E-state index is 0.171. The molecule has 32 heavy (non-hydrogen) atoms. The highest BCUT2D eigenvalue weighted by Crippen LogP contribution is 2.49. The standard InChI is InChI=1S/C25H43N3O4/c1-24(2,3)15-16-12-18(13-16)22-23(17-8-9-17)28(27-26-22)19(10-11-20(29)31-7)14-21(30)32-25(4,5)6/h16-19,26-27H,8-15H2,1-7H3/t16-,18+,19-/m0/s1. The fraction of sp³-hybridized carbons (Fsp3) is 0.840. The van der Waals surface area contributed by atoms with E-state index in [2.05, 4.69) is 36.7 Å². The summed E-state index contributed by atoms with van der Waals surface area (Å²) in [5.74, 6) is 1.34. The van der Waals surface area contributed by atoms with Crippen molar-refractivity contribution in [1.29, 1.82) is 0 Å². The molecule has 0 bridgehead atoms. The summed E-state index contributed by atoms with van der Waals surface area (Å²) in [6.45, 7) is 12.6. The summed E-state index contributed by atoms with van der Waals surface area (Å²) < 4.78 is 10.4. The second kappa shape index (κ2) is 9.62. The zero-order chi connectivity index (χ0) is 23.7. The number of nitrogens with one attached hydrogen (secondary N) is 2. The molecule has 0 aromatic rings. The third-order valence-corrected chi connectivity index (χ3v) is 6.45. The maximum absolute atomic E-state index is 12.7. The van der Waals surface area contributed by atoms with E-state index in [0.29, 0.717) is 23.7 Å². The topological polar surface area (TPSA) is 79.9 Å². The molecule has 7 heteroatoms. The van der Waals surface area contributed by atoms with Crippen LogP contribution in [0.3, 0.4) is 0 Å². The molecule has 3 rings (SSSR count). The van der Waals surface area contributed by atoms with Crippen molar-refractivity contribution in [3.05, 3.63) is 11.4 Å². The molecule has 1 heterocycles. The molecular weight excluding hydrogens is 406 g/mol. The number of rotatable bonds is 9. The number of hydrogen-bond donors (Lipinski definition) is 2. The van der Waals surface area contributed by atoms with Gasteiger partial charge in [-0.1, -0.05) is 20.8 Å². The first kappa shape index (κ1) is 24.9. The van der Waals surface area contributed by atoms with Crippen molar-refractivity contribution in [2.45, 2.75) is 105 Å². The number of methoxy groups -OCH3 is 1. The lowest BCUT2D eigenvalue weighted by molar-refractivity contribution is -0.157. The normalized spacial score (nSPS) is 24.7. The number of hydrazine groups is 2. The largest absolute Gasteiger partial charge is 0.469 e. The van der Waals surface area contributed by atoms with Gasteiger partial charge in [0.25, 0.3) is 0 Å². The molecule has 1 atom stereocenters. The summed E-state index contributed by atoms with van der Waals surface area (Å²) in [7, 11) is 1.40. The number of carbonyl (C=O) groups excluding carboxylic acids is 2. The van der Waals surface area contributed by atoms with E-state index in [1.807, 2.05) is 20.8 Å². The van der Waals surface area contributed by atoms with Crippen LogP contribution in [0.5, 0.6) is 0 Å². The molecule has 7 nitrogen and oxygen atoms in total. The Labute approximate surface area is 193 Å². The Morgan fingerprint density at radius 1 is 1.06 bits per heavy atom. The average Bonchev–Trinajstić information content (AvgIpc) is 3.37. The lowest BCUT2D eigenvalue weighted by Gasteiger charge is -2.39. The van der Waals surface area contributed by atoms with Crippen LogP contribution < -0.4 is 11.0 Å². The molecule has 0 spiro atoms. The number of hydrogen-bond acceptors (Lipinski definition) is 7. The molecule has 2 aliphatic carbocycles. The van der Waals surface area contributed by atoms with Crippen LogP contribution >= 0.6 is 0 Å². The Morgan fingerprint density at radius 3 is 2.25 bits per heavy atom. The van der Waals surface area contributed by atoms with Crippen molar-refractivity contribution in [2.24, 2.45) is 23.2 Å². The van der Waals surface area contributed by atoms with E-state index in [4.69, 9.17) is 9.47 Å². The van der Waals surface area contributed by atoms with Gasteiger partial charge in [-0.25, -0.2) is 0 Å². The number of esters is 2. The highest BCUT2D eigenvalue weighted by Gasteiger charge is 2.44. The summed E-state index contributed by atoms with van der Waals surface area (Å²) in [4.78, 5) is 24.5. The van der Waals surface area contributed by atoms with Gasteiger partial charge in [-0.2, -0.15) is 0 Å². The number of carbonyl (C=O) groups is 2. The van der Waals surface area contributed by atoms with Gasteiger partial charge in [0.2, 0.25) is 0 Å². The summed E-state index contributed by atoms with van der Waals surface area (Å²) in [6, 6.07) is -0.171. The molecule has 0 aromatic heterocycles. The van der Waals surface area contributed by atoms with E-state index in [-0.39, 0.29) is 30.8 Å². The van der Waals surface area contributed by atoms with Crippen molar-refractivity contribution in [3.8, 4) is 0 Å². The third kappa shape index (κ3) is 6.87. The fourth-order valence-electron chi connectivity index (χ4n) is 5.04. The Hall–Kier alpha value is -1.76. The molecule has 0 unspecified atom stereocenters. The van der Waals surface area contributed by atoms with E-state index in [1.54, 1.807) is 0 Å². The van der Waals surface area contributed by atoms with Crippen LogP contribution in [0.4, 0.5) is 0 Å². The summed E-state index contributed by atoms with van der Waals surface area (Å²) in [6.07, 6.45) is 7.05. The second-order valence-electron chi connectivity index (χ2n) is 12.0. The average molecular weight is 450 g/mol. The van der Waals surface area contributed by atoms with Crippen LogP contribution in [0.15, 0.2) is 11.4 Å². The van der Waals surface area contributed by atoms with Gasteiger partial charge in [-0.05, 0) is 70.6 Å². The summed E-state index contributed by atoms with van der Waals surface area (Å²) in [5, 5.41) is 2.12. The number of allylic oxidation sites excluding steroid dienone is 2. The van der Waals surface area contributed by atoms with Gasteiger partial charge in [0, 0.05) is 18.3 Å². The van der Waals surface area contributed by atoms with Gasteiger partial charge in [0.05, 0.1) is 31.0 Å². The molecule has 0 amide bonds. The summed E-state index contributed by atoms with van der Waals surface area (Å²) >= 11 is 0. The zero-order valence-electron chi connectivity index (χ0n) is 21.0. The Bertz CT molecular complexity index is 724. The van der Waals surface area contributed by atoms with Gasteiger partial charge in [-0.3, -0.25) is 14.6 Å². The number of nitrogens with zero attached hydrogens (tertiary/aromatic N) is 1. The quantitative estimate of drug-likeness (QED) is 0.504. The minimum atomic E-state index is -0.533. The van der Waals surface area contributed by atoms with Crippen LogP contribution in [-0.2, 0) is 19.1 Å². The molecule has 2 N–H and O–H groups in total. The lowest BCUT2D eigenvalue weighted by Crippen LogP contribution is -2.47. The Kier molecular flexibility index (Phi) is 7.48. The SMILES string of the molecule is COC(=O)CC[C@@H](CC(=O)OC(C)(C)C)N1NNC([C@H]2C[C@@H](CC(C)(C)C)C2)=C1C1CC1. The van der Waals surface area contributed by atoms with E-state index in [1.165, 1.54) is 50.6 Å². The first-order chi connectivity index (χ1) is 14.9. The van der Waals surface area contributed by atoms with E-state index >= 15 is 0 Å². The zero-order valence-corrected chi connectivity index (χ0v) is 21.0. The molecule has 3 aliphatic rings. The van der Waals surface area contributed by atoms with Crippen molar-refractivity contribution >= 4 is 11.9 Å². The van der Waals surface area contributed by atoms with Gasteiger partial charge in [0.1, 0.15) is 5.60 Å². The van der Waals surface area contributed by atoms with Crippen molar-refractivity contribution in [3.63, 3.8) is 0 Å². The molecule has 1 aliphatic heterocycles. The third-order valence-electron chi connectivity index (χ3n) is 6.45. The van der Waals surface area contributed by atoms with Crippen molar-refractivity contribution in [2.75, 3.05) is 7.11 Å². The predicted octanol–water partition coefficient (Wildman–Crippen LogP) is 4.45. The monoisotopic (exact) mass is 449 g/mol. The number of ether oxygens (including phenoxy) is 2. The van der Waals surface area contributed by atoms with Crippen LogP contribution in [0.1, 0.15) is 92.9 Å². The van der Waals surface area contributed by atoms with Gasteiger partial charge in [0.15, 0.2) is 0 Å². The van der Waals surface area contributed by atoms with Crippen LogP contribution in [0.25, 0.3) is 0 Å². The molecule has 0 radical (unpaired) electrons. The van der Waals surface area contributed by atoms with Crippen molar-refractivity contribution < 1.29 is 19.1 Å². The second-order valence-corrected chi connectivity index (χ2v) is 12.0. The molecule has 0 aromatic carbocycles.